The van der Waals surface area contributed by atoms with E-state index >= 15 is 0 Å². The van der Waals surface area contributed by atoms with Gasteiger partial charge < -0.3 is 9.64 Å². The van der Waals surface area contributed by atoms with Gasteiger partial charge in [-0.2, -0.15) is 10.2 Å². The van der Waals surface area contributed by atoms with Gasteiger partial charge in [0.1, 0.15) is 0 Å². The third-order valence-corrected chi connectivity index (χ3v) is 9.78. The zero-order chi connectivity index (χ0) is 27.1. The molecule has 3 aliphatic rings. The Balaban J connectivity index is 1.12. The molecular formula is C31H38BrN5O2. The topological polar surface area (TPSA) is 61.8 Å². The molecule has 0 unspecified atom stereocenters. The van der Waals surface area contributed by atoms with Gasteiger partial charge in [0.05, 0.1) is 29.4 Å². The van der Waals surface area contributed by atoms with Crippen molar-refractivity contribution in [2.24, 2.45) is 0 Å². The molecule has 1 aromatic heterocycles. The fourth-order valence-electron chi connectivity index (χ4n) is 7.06. The van der Waals surface area contributed by atoms with Crippen LogP contribution in [0.2, 0.25) is 0 Å². The first-order chi connectivity index (χ1) is 18.9. The van der Waals surface area contributed by atoms with Gasteiger partial charge in [0.25, 0.3) is 5.91 Å². The van der Waals surface area contributed by atoms with E-state index in [0.717, 1.165) is 74.0 Å². The van der Waals surface area contributed by atoms with E-state index < -0.39 is 0 Å². The fourth-order valence-corrected chi connectivity index (χ4v) is 7.46. The van der Waals surface area contributed by atoms with Crippen molar-refractivity contribution in [3.8, 4) is 0 Å². The maximum absolute atomic E-state index is 13.5. The summed E-state index contributed by atoms with van der Waals surface area (Å²) < 4.78 is 7.42. The highest BCUT2D eigenvalue weighted by atomic mass is 79.9. The Bertz CT molecular complexity index is 1350. The Morgan fingerprint density at radius 2 is 1.92 bits per heavy atom. The average molecular weight is 593 g/mol. The van der Waals surface area contributed by atoms with Crippen LogP contribution in [-0.4, -0.2) is 87.8 Å². The minimum Gasteiger partial charge on any atom is -0.376 e. The first-order valence-electron chi connectivity index (χ1n) is 14.3. The van der Waals surface area contributed by atoms with Crippen LogP contribution in [0.25, 0.3) is 10.9 Å². The van der Waals surface area contributed by atoms with Crippen LogP contribution in [0.3, 0.4) is 0 Å². The van der Waals surface area contributed by atoms with Crippen LogP contribution in [-0.2, 0) is 11.2 Å². The summed E-state index contributed by atoms with van der Waals surface area (Å²) >= 11 is 3.65. The molecule has 3 aromatic rings. The van der Waals surface area contributed by atoms with Gasteiger partial charge in [0, 0.05) is 67.2 Å². The highest BCUT2D eigenvalue weighted by Gasteiger charge is 2.44. The lowest BCUT2D eigenvalue weighted by atomic mass is 9.86. The summed E-state index contributed by atoms with van der Waals surface area (Å²) in [6, 6.07) is 15.2. The monoisotopic (exact) mass is 591 g/mol. The van der Waals surface area contributed by atoms with E-state index in [1.807, 2.05) is 29.2 Å². The van der Waals surface area contributed by atoms with E-state index in [4.69, 9.17) is 4.74 Å². The minimum absolute atomic E-state index is 0.0647. The number of hydrogen-bond donors (Lipinski definition) is 0. The van der Waals surface area contributed by atoms with Gasteiger partial charge in [0.2, 0.25) is 0 Å². The second kappa shape index (κ2) is 10.9. The van der Waals surface area contributed by atoms with E-state index in [1.165, 1.54) is 11.1 Å². The molecule has 39 heavy (non-hydrogen) atoms. The van der Waals surface area contributed by atoms with Crippen LogP contribution < -0.4 is 0 Å². The number of piperazine rings is 1. The first kappa shape index (κ1) is 26.8. The molecule has 0 radical (unpaired) electrons. The number of likely N-dealkylation sites (tertiary alicyclic amines) is 1. The molecule has 6 rings (SSSR count). The van der Waals surface area contributed by atoms with Crippen molar-refractivity contribution >= 4 is 32.7 Å². The Hall–Kier alpha value is -2.39. The Kier molecular flexibility index (Phi) is 7.48. The second-order valence-electron chi connectivity index (χ2n) is 11.6. The SMILES string of the molecule is CCO[C@H]1Cc2cc(Br)ccc2[C@H]1N1CCN(C2(C)CCN(C(=O)c3cnnc4ccccc34)CC2)C[C@@H]1C. The minimum atomic E-state index is 0.0647. The Labute approximate surface area is 239 Å². The van der Waals surface area contributed by atoms with Gasteiger partial charge in [-0.3, -0.25) is 14.6 Å². The number of piperidine rings is 1. The third kappa shape index (κ3) is 5.01. The predicted octanol–water partition coefficient (Wildman–Crippen LogP) is 5.10. The normalized spacial score (nSPS) is 25.6. The molecule has 206 valence electrons. The maximum atomic E-state index is 13.5. The number of halogens is 1. The van der Waals surface area contributed by atoms with Crippen LogP contribution >= 0.6 is 15.9 Å². The van der Waals surface area contributed by atoms with Crippen LogP contribution in [0.4, 0.5) is 0 Å². The fraction of sp³-hybridized carbons (Fsp3) is 0.516. The van der Waals surface area contributed by atoms with E-state index in [1.54, 1.807) is 6.20 Å². The molecule has 8 heteroatoms. The Morgan fingerprint density at radius 3 is 2.69 bits per heavy atom. The number of rotatable bonds is 5. The molecule has 3 heterocycles. The van der Waals surface area contributed by atoms with Crippen molar-refractivity contribution in [1.29, 1.82) is 0 Å². The van der Waals surface area contributed by atoms with Crippen LogP contribution in [0.1, 0.15) is 61.1 Å². The standard InChI is InChI=1S/C31H38BrN5O2/c1-4-39-28-18-22-17-23(32)9-10-24(22)29(28)37-16-15-36(20-21(37)2)31(3)11-13-35(14-12-31)30(38)26-19-33-34-27-8-6-5-7-25(26)27/h5-10,17,19,21,28-29H,4,11-16,18,20H2,1-3H3/t21-,28-,29+/m0/s1. The molecule has 2 saturated heterocycles. The van der Waals surface area contributed by atoms with Crippen molar-refractivity contribution in [2.45, 2.75) is 63.8 Å². The maximum Gasteiger partial charge on any atom is 0.256 e. The molecule has 0 bridgehead atoms. The van der Waals surface area contributed by atoms with Gasteiger partial charge in [-0.15, -0.1) is 0 Å². The number of ether oxygens (including phenoxy) is 1. The lowest BCUT2D eigenvalue weighted by Gasteiger charge is -2.53. The number of fused-ring (bicyclic) bond motifs is 2. The van der Waals surface area contributed by atoms with E-state index in [9.17, 15) is 4.79 Å². The van der Waals surface area contributed by atoms with Gasteiger partial charge >= 0.3 is 0 Å². The van der Waals surface area contributed by atoms with Crippen molar-refractivity contribution in [2.75, 3.05) is 39.3 Å². The first-order valence-corrected chi connectivity index (χ1v) is 15.1. The van der Waals surface area contributed by atoms with Gasteiger partial charge in [-0.25, -0.2) is 0 Å². The summed E-state index contributed by atoms with van der Waals surface area (Å²) in [6.45, 7) is 12.2. The van der Waals surface area contributed by atoms with Crippen LogP contribution in [0.15, 0.2) is 53.1 Å². The summed E-state index contributed by atoms with van der Waals surface area (Å²) in [5, 5.41) is 9.15. The summed E-state index contributed by atoms with van der Waals surface area (Å²) in [5.41, 5.74) is 4.34. The lowest BCUT2D eigenvalue weighted by molar-refractivity contribution is -0.0630. The molecular weight excluding hydrogens is 554 g/mol. The number of carbonyl (C=O) groups excluding carboxylic acids is 1. The summed E-state index contributed by atoms with van der Waals surface area (Å²) in [7, 11) is 0. The van der Waals surface area contributed by atoms with Crippen molar-refractivity contribution in [1.82, 2.24) is 24.9 Å². The van der Waals surface area contributed by atoms with Gasteiger partial charge in [0.15, 0.2) is 0 Å². The number of aromatic nitrogens is 2. The molecule has 2 fully saturated rings. The van der Waals surface area contributed by atoms with Crippen LogP contribution in [0, 0.1) is 0 Å². The van der Waals surface area contributed by atoms with Crippen LogP contribution in [0.5, 0.6) is 0 Å². The molecule has 0 spiro atoms. The smallest absolute Gasteiger partial charge is 0.256 e. The van der Waals surface area contributed by atoms with Crippen molar-refractivity contribution in [3.05, 3.63) is 69.8 Å². The average Bonchev–Trinajstić information content (AvgIpc) is 3.29. The quantitative estimate of drug-likeness (QED) is 0.411. The number of hydrogen-bond acceptors (Lipinski definition) is 6. The molecule has 1 aliphatic carbocycles. The third-order valence-electron chi connectivity index (χ3n) is 9.28. The van der Waals surface area contributed by atoms with Crippen molar-refractivity contribution < 1.29 is 9.53 Å². The summed E-state index contributed by atoms with van der Waals surface area (Å²) in [4.78, 5) is 20.8. The largest absolute Gasteiger partial charge is 0.376 e. The van der Waals surface area contributed by atoms with Gasteiger partial charge in [-0.1, -0.05) is 40.2 Å². The lowest BCUT2D eigenvalue weighted by Crippen LogP contribution is -2.62. The van der Waals surface area contributed by atoms with E-state index in [0.29, 0.717) is 17.6 Å². The number of benzene rings is 2. The number of nitrogens with zero attached hydrogens (tertiary/aromatic N) is 5. The molecule has 1 amide bonds. The molecule has 7 nitrogen and oxygen atoms in total. The molecule has 0 saturated carbocycles. The highest BCUT2D eigenvalue weighted by Crippen LogP contribution is 2.42. The molecule has 0 N–H and O–H groups in total. The zero-order valence-corrected chi connectivity index (χ0v) is 24.7. The molecule has 3 atom stereocenters. The van der Waals surface area contributed by atoms with E-state index in [2.05, 4.69) is 74.9 Å². The van der Waals surface area contributed by atoms with Gasteiger partial charge in [-0.05, 0) is 62.9 Å². The highest BCUT2D eigenvalue weighted by molar-refractivity contribution is 9.10. The predicted molar refractivity (Wildman–Crippen MR) is 157 cm³/mol. The summed E-state index contributed by atoms with van der Waals surface area (Å²) in [5.74, 6) is 0.0647. The van der Waals surface area contributed by atoms with E-state index in [-0.39, 0.29) is 17.6 Å². The van der Waals surface area contributed by atoms with Crippen molar-refractivity contribution in [3.63, 3.8) is 0 Å². The Morgan fingerprint density at radius 1 is 1.13 bits per heavy atom. The number of carbonyl (C=O) groups is 1. The second-order valence-corrected chi connectivity index (χ2v) is 12.5. The number of amides is 1. The molecule has 2 aromatic carbocycles. The molecule has 2 aliphatic heterocycles. The zero-order valence-electron chi connectivity index (χ0n) is 23.1. The summed E-state index contributed by atoms with van der Waals surface area (Å²) in [6.07, 6.45) is 4.75.